The molecule has 0 spiro atoms. The lowest BCUT2D eigenvalue weighted by atomic mass is 10.1. The van der Waals surface area contributed by atoms with Crippen molar-refractivity contribution in [3.05, 3.63) is 77.7 Å². The number of aromatic nitrogens is 1. The van der Waals surface area contributed by atoms with Gasteiger partial charge in [0, 0.05) is 18.3 Å². The summed E-state index contributed by atoms with van der Waals surface area (Å²) in [6, 6.07) is 13.6. The minimum Gasteiger partial charge on any atom is -0.465 e. The first-order valence-electron chi connectivity index (χ1n) is 7.63. The second-order valence-electron chi connectivity index (χ2n) is 5.28. The summed E-state index contributed by atoms with van der Waals surface area (Å²) in [5.74, 6) is 0.0301. The molecular formula is C19H16N2O4. The van der Waals surface area contributed by atoms with Gasteiger partial charge < -0.3 is 14.5 Å². The van der Waals surface area contributed by atoms with Gasteiger partial charge in [0.2, 0.25) is 0 Å². The Kier molecular flexibility index (Phi) is 4.89. The number of benzene rings is 1. The number of ether oxygens (including phenoxy) is 1. The fourth-order valence-electron chi connectivity index (χ4n) is 2.26. The van der Waals surface area contributed by atoms with E-state index in [1.807, 2.05) is 18.2 Å². The molecule has 0 bridgehead atoms. The van der Waals surface area contributed by atoms with Crippen molar-refractivity contribution < 1.29 is 18.7 Å². The number of methoxy groups -OCH3 is 1. The van der Waals surface area contributed by atoms with Crippen LogP contribution in [-0.2, 0) is 11.3 Å². The van der Waals surface area contributed by atoms with Gasteiger partial charge in [-0.1, -0.05) is 6.07 Å². The SMILES string of the molecule is COC(=O)c1ccc(C(=O)NCc2ccc(-c3ccco3)nc2)cc1. The Hall–Kier alpha value is -3.41. The Balaban J connectivity index is 1.59. The molecule has 0 saturated heterocycles. The predicted octanol–water partition coefficient (Wildman–Crippen LogP) is 3.06. The van der Waals surface area contributed by atoms with Gasteiger partial charge >= 0.3 is 5.97 Å². The zero-order chi connectivity index (χ0) is 17.6. The fraction of sp³-hybridized carbons (Fsp3) is 0.105. The van der Waals surface area contributed by atoms with Crippen molar-refractivity contribution in [3.8, 4) is 11.5 Å². The molecule has 6 nitrogen and oxygen atoms in total. The van der Waals surface area contributed by atoms with Crippen LogP contribution in [0.4, 0.5) is 0 Å². The summed E-state index contributed by atoms with van der Waals surface area (Å²) in [6.07, 6.45) is 3.29. The molecular weight excluding hydrogens is 320 g/mol. The van der Waals surface area contributed by atoms with Crippen LogP contribution in [0, 0.1) is 0 Å². The number of hydrogen-bond acceptors (Lipinski definition) is 5. The quantitative estimate of drug-likeness (QED) is 0.724. The lowest BCUT2D eigenvalue weighted by molar-refractivity contribution is 0.0600. The number of amides is 1. The van der Waals surface area contributed by atoms with E-state index in [0.29, 0.717) is 23.4 Å². The summed E-state index contributed by atoms with van der Waals surface area (Å²) < 4.78 is 9.91. The average Bonchev–Trinajstić information content (AvgIpc) is 3.21. The molecule has 0 aliphatic heterocycles. The minimum atomic E-state index is -0.435. The van der Waals surface area contributed by atoms with Crippen LogP contribution in [0.2, 0.25) is 0 Å². The molecule has 0 unspecified atom stereocenters. The molecule has 6 heteroatoms. The van der Waals surface area contributed by atoms with Crippen molar-refractivity contribution >= 4 is 11.9 Å². The van der Waals surface area contributed by atoms with Gasteiger partial charge in [-0.2, -0.15) is 0 Å². The van der Waals surface area contributed by atoms with Gasteiger partial charge in [0.1, 0.15) is 5.69 Å². The topological polar surface area (TPSA) is 81.4 Å². The molecule has 0 radical (unpaired) electrons. The molecule has 1 amide bonds. The zero-order valence-electron chi connectivity index (χ0n) is 13.6. The molecule has 0 atom stereocenters. The zero-order valence-corrected chi connectivity index (χ0v) is 13.6. The summed E-state index contributed by atoms with van der Waals surface area (Å²) in [7, 11) is 1.31. The van der Waals surface area contributed by atoms with Crippen molar-refractivity contribution in [1.82, 2.24) is 10.3 Å². The molecule has 2 aromatic heterocycles. The first-order chi connectivity index (χ1) is 12.2. The molecule has 0 aliphatic carbocycles. The minimum absolute atomic E-state index is 0.230. The number of carbonyl (C=O) groups excluding carboxylic acids is 2. The number of furan rings is 1. The van der Waals surface area contributed by atoms with Gasteiger partial charge in [-0.15, -0.1) is 0 Å². The summed E-state index contributed by atoms with van der Waals surface area (Å²) >= 11 is 0. The fourth-order valence-corrected chi connectivity index (χ4v) is 2.26. The molecule has 25 heavy (non-hydrogen) atoms. The van der Waals surface area contributed by atoms with Gasteiger partial charge in [0.15, 0.2) is 5.76 Å². The van der Waals surface area contributed by atoms with Crippen LogP contribution in [0.15, 0.2) is 65.4 Å². The van der Waals surface area contributed by atoms with Crippen LogP contribution in [-0.4, -0.2) is 24.0 Å². The molecule has 0 aliphatic rings. The highest BCUT2D eigenvalue weighted by Gasteiger charge is 2.09. The van der Waals surface area contributed by atoms with Crippen LogP contribution in [0.1, 0.15) is 26.3 Å². The number of esters is 1. The van der Waals surface area contributed by atoms with E-state index in [4.69, 9.17) is 4.42 Å². The van der Waals surface area contributed by atoms with Crippen molar-refractivity contribution in [2.75, 3.05) is 7.11 Å². The second kappa shape index (κ2) is 7.44. The van der Waals surface area contributed by atoms with Crippen LogP contribution in [0.5, 0.6) is 0 Å². The summed E-state index contributed by atoms with van der Waals surface area (Å²) in [5, 5.41) is 2.81. The number of carbonyl (C=O) groups is 2. The van der Waals surface area contributed by atoms with E-state index >= 15 is 0 Å². The van der Waals surface area contributed by atoms with Gasteiger partial charge in [-0.3, -0.25) is 9.78 Å². The number of rotatable bonds is 5. The third kappa shape index (κ3) is 3.92. The number of nitrogens with one attached hydrogen (secondary N) is 1. The van der Waals surface area contributed by atoms with E-state index in [1.165, 1.54) is 7.11 Å². The molecule has 0 fully saturated rings. The number of nitrogens with zero attached hydrogens (tertiary/aromatic N) is 1. The van der Waals surface area contributed by atoms with E-state index in [9.17, 15) is 9.59 Å². The molecule has 2 heterocycles. The van der Waals surface area contributed by atoms with Crippen LogP contribution in [0.25, 0.3) is 11.5 Å². The standard InChI is InChI=1S/C19H16N2O4/c1-24-19(23)15-7-5-14(6-8-15)18(22)21-12-13-4-9-16(20-11-13)17-3-2-10-25-17/h2-11H,12H2,1H3,(H,21,22). The normalized spacial score (nSPS) is 10.3. The van der Waals surface area contributed by atoms with E-state index in [0.717, 1.165) is 11.3 Å². The number of pyridine rings is 1. The number of hydrogen-bond donors (Lipinski definition) is 1. The van der Waals surface area contributed by atoms with Crippen LogP contribution < -0.4 is 5.32 Å². The Labute approximate surface area is 144 Å². The molecule has 126 valence electrons. The third-order valence-electron chi connectivity index (χ3n) is 3.62. The lowest BCUT2D eigenvalue weighted by Crippen LogP contribution is -2.22. The van der Waals surface area contributed by atoms with Crippen molar-refractivity contribution in [1.29, 1.82) is 0 Å². The Morgan fingerprint density at radius 2 is 1.84 bits per heavy atom. The van der Waals surface area contributed by atoms with Gasteiger partial charge in [0.25, 0.3) is 5.91 Å². The summed E-state index contributed by atoms with van der Waals surface area (Å²) in [5.41, 5.74) is 2.47. The van der Waals surface area contributed by atoms with E-state index in [1.54, 1.807) is 42.8 Å². The van der Waals surface area contributed by atoms with Crippen molar-refractivity contribution in [3.63, 3.8) is 0 Å². The highest BCUT2D eigenvalue weighted by molar-refractivity contribution is 5.96. The maximum absolute atomic E-state index is 12.2. The van der Waals surface area contributed by atoms with Gasteiger partial charge in [-0.05, 0) is 48.0 Å². The Bertz CT molecular complexity index is 853. The first-order valence-corrected chi connectivity index (χ1v) is 7.63. The van der Waals surface area contributed by atoms with Crippen LogP contribution in [0.3, 0.4) is 0 Å². The van der Waals surface area contributed by atoms with E-state index in [-0.39, 0.29) is 5.91 Å². The van der Waals surface area contributed by atoms with Crippen molar-refractivity contribution in [2.45, 2.75) is 6.54 Å². The summed E-state index contributed by atoms with van der Waals surface area (Å²) in [6.45, 7) is 0.350. The molecule has 1 aromatic carbocycles. The Morgan fingerprint density at radius 1 is 1.08 bits per heavy atom. The monoisotopic (exact) mass is 336 g/mol. The highest BCUT2D eigenvalue weighted by Crippen LogP contribution is 2.17. The Morgan fingerprint density at radius 3 is 2.44 bits per heavy atom. The second-order valence-corrected chi connectivity index (χ2v) is 5.28. The lowest BCUT2D eigenvalue weighted by Gasteiger charge is -2.06. The van der Waals surface area contributed by atoms with Crippen molar-refractivity contribution in [2.24, 2.45) is 0 Å². The third-order valence-corrected chi connectivity index (χ3v) is 3.62. The van der Waals surface area contributed by atoms with E-state index < -0.39 is 5.97 Å². The van der Waals surface area contributed by atoms with Gasteiger partial charge in [0.05, 0.1) is 18.9 Å². The smallest absolute Gasteiger partial charge is 0.337 e. The predicted molar refractivity (Wildman–Crippen MR) is 90.9 cm³/mol. The summed E-state index contributed by atoms with van der Waals surface area (Å²) in [4.78, 5) is 27.9. The highest BCUT2D eigenvalue weighted by atomic mass is 16.5. The molecule has 3 rings (SSSR count). The van der Waals surface area contributed by atoms with E-state index in [2.05, 4.69) is 15.0 Å². The largest absolute Gasteiger partial charge is 0.465 e. The first kappa shape index (κ1) is 16.4. The maximum atomic E-state index is 12.2. The molecule has 3 aromatic rings. The average molecular weight is 336 g/mol. The van der Waals surface area contributed by atoms with Gasteiger partial charge in [-0.25, -0.2) is 4.79 Å². The van der Waals surface area contributed by atoms with Crippen LogP contribution >= 0.6 is 0 Å². The maximum Gasteiger partial charge on any atom is 0.337 e. The molecule has 0 saturated carbocycles. The molecule has 1 N–H and O–H groups in total.